The molecule has 1 N–H and O–H groups in total. The van der Waals surface area contributed by atoms with Crippen molar-refractivity contribution in [3.63, 3.8) is 0 Å². The van der Waals surface area contributed by atoms with Crippen molar-refractivity contribution in [2.24, 2.45) is 0 Å². The Morgan fingerprint density at radius 1 is 1.20 bits per heavy atom. The Labute approximate surface area is 121 Å². The maximum atomic E-state index is 5.74. The number of likely N-dealkylation sites (tertiary alicyclic amines) is 1. The van der Waals surface area contributed by atoms with Gasteiger partial charge >= 0.3 is 0 Å². The fraction of sp³-hybridized carbons (Fsp3) is 0.625. The van der Waals surface area contributed by atoms with Gasteiger partial charge in [-0.05, 0) is 38.9 Å². The molecule has 0 aromatic heterocycles. The molecule has 1 saturated heterocycles. The molecule has 2 aliphatic rings. The fourth-order valence-corrected chi connectivity index (χ4v) is 2.91. The molecule has 1 aromatic rings. The van der Waals surface area contributed by atoms with Gasteiger partial charge in [0.25, 0.3) is 0 Å². The monoisotopic (exact) mass is 276 g/mol. The Kier molecular flexibility index (Phi) is 4.01. The third-order valence-corrected chi connectivity index (χ3v) is 4.33. The fourth-order valence-electron chi connectivity index (χ4n) is 2.91. The summed E-state index contributed by atoms with van der Waals surface area (Å²) in [6.45, 7) is 4.93. The minimum Gasteiger partial charge on any atom is -0.490 e. The van der Waals surface area contributed by atoms with E-state index in [1.165, 1.54) is 12.8 Å². The minimum atomic E-state index is 0.547. The molecule has 2 heterocycles. The Bertz CT molecular complexity index is 464. The molecule has 0 radical (unpaired) electrons. The Morgan fingerprint density at radius 3 is 2.80 bits per heavy atom. The van der Waals surface area contributed by atoms with E-state index < -0.39 is 0 Å². The number of rotatable bonds is 2. The molecule has 1 fully saturated rings. The summed E-state index contributed by atoms with van der Waals surface area (Å²) in [5, 5.41) is 3.64. The van der Waals surface area contributed by atoms with Crippen molar-refractivity contribution in [3.05, 3.63) is 18.2 Å². The zero-order valence-corrected chi connectivity index (χ0v) is 12.4. The molecule has 4 nitrogen and oxygen atoms in total. The SMILES string of the molecule is CC1CC(Nc2ccc3c(c2)OCCCO3)CCN1C. The first-order valence-corrected chi connectivity index (χ1v) is 7.59. The molecule has 110 valence electrons. The van der Waals surface area contributed by atoms with Crippen LogP contribution in [0, 0.1) is 0 Å². The van der Waals surface area contributed by atoms with Crippen LogP contribution in [0.3, 0.4) is 0 Å². The summed E-state index contributed by atoms with van der Waals surface area (Å²) in [5.74, 6) is 1.73. The first-order valence-electron chi connectivity index (χ1n) is 7.59. The van der Waals surface area contributed by atoms with E-state index in [0.717, 1.165) is 43.4 Å². The van der Waals surface area contributed by atoms with Crippen LogP contribution in [0.1, 0.15) is 26.2 Å². The number of hydrogen-bond donors (Lipinski definition) is 1. The highest BCUT2D eigenvalue weighted by Gasteiger charge is 2.22. The number of fused-ring (bicyclic) bond motifs is 1. The molecule has 1 aromatic carbocycles. The zero-order valence-electron chi connectivity index (χ0n) is 12.4. The highest BCUT2D eigenvalue weighted by Crippen LogP contribution is 2.33. The van der Waals surface area contributed by atoms with Crippen LogP contribution in [0.15, 0.2) is 18.2 Å². The van der Waals surface area contributed by atoms with Crippen molar-refractivity contribution in [1.82, 2.24) is 4.90 Å². The summed E-state index contributed by atoms with van der Waals surface area (Å²) in [6.07, 6.45) is 3.32. The number of nitrogens with one attached hydrogen (secondary N) is 1. The quantitative estimate of drug-likeness (QED) is 0.900. The summed E-state index contributed by atoms with van der Waals surface area (Å²) in [6, 6.07) is 7.37. The topological polar surface area (TPSA) is 33.7 Å². The van der Waals surface area contributed by atoms with Crippen LogP contribution >= 0.6 is 0 Å². The Hall–Kier alpha value is -1.42. The second kappa shape index (κ2) is 5.92. The van der Waals surface area contributed by atoms with Gasteiger partial charge in [-0.2, -0.15) is 0 Å². The van der Waals surface area contributed by atoms with Crippen LogP contribution in [-0.2, 0) is 0 Å². The van der Waals surface area contributed by atoms with E-state index in [0.29, 0.717) is 12.1 Å². The molecule has 2 unspecified atom stereocenters. The second-order valence-electron chi connectivity index (χ2n) is 5.91. The molecular formula is C16H24N2O2. The van der Waals surface area contributed by atoms with Crippen molar-refractivity contribution in [2.45, 2.75) is 38.3 Å². The van der Waals surface area contributed by atoms with Gasteiger partial charge in [-0.3, -0.25) is 0 Å². The molecule has 0 saturated carbocycles. The van der Waals surface area contributed by atoms with Crippen LogP contribution < -0.4 is 14.8 Å². The lowest BCUT2D eigenvalue weighted by atomic mass is 9.98. The lowest BCUT2D eigenvalue weighted by Gasteiger charge is -2.35. The summed E-state index contributed by atoms with van der Waals surface area (Å²) >= 11 is 0. The average molecular weight is 276 g/mol. The normalized spacial score (nSPS) is 26.9. The van der Waals surface area contributed by atoms with Crippen LogP contribution in [0.25, 0.3) is 0 Å². The van der Waals surface area contributed by atoms with Gasteiger partial charge in [-0.25, -0.2) is 0 Å². The van der Waals surface area contributed by atoms with Gasteiger partial charge in [-0.1, -0.05) is 0 Å². The van der Waals surface area contributed by atoms with Gasteiger partial charge in [0.1, 0.15) is 0 Å². The van der Waals surface area contributed by atoms with E-state index in [2.05, 4.69) is 36.3 Å². The third kappa shape index (κ3) is 3.01. The number of piperidine rings is 1. The number of benzene rings is 1. The van der Waals surface area contributed by atoms with Crippen molar-refractivity contribution < 1.29 is 9.47 Å². The van der Waals surface area contributed by atoms with Crippen LogP contribution in [0.5, 0.6) is 11.5 Å². The predicted molar refractivity (Wildman–Crippen MR) is 80.8 cm³/mol. The average Bonchev–Trinajstić information content (AvgIpc) is 2.68. The summed E-state index contributed by atoms with van der Waals surface area (Å²) < 4.78 is 11.4. The van der Waals surface area contributed by atoms with Crippen molar-refractivity contribution in [2.75, 3.05) is 32.1 Å². The molecule has 0 spiro atoms. The van der Waals surface area contributed by atoms with E-state index in [4.69, 9.17) is 9.47 Å². The van der Waals surface area contributed by atoms with Gasteiger partial charge in [0.05, 0.1) is 13.2 Å². The van der Waals surface area contributed by atoms with Gasteiger partial charge in [-0.15, -0.1) is 0 Å². The Morgan fingerprint density at radius 2 is 2.00 bits per heavy atom. The van der Waals surface area contributed by atoms with Gasteiger partial charge in [0.2, 0.25) is 0 Å². The molecule has 2 atom stereocenters. The number of anilines is 1. The summed E-state index contributed by atoms with van der Waals surface area (Å²) in [7, 11) is 2.20. The van der Waals surface area contributed by atoms with Gasteiger partial charge in [0, 0.05) is 36.8 Å². The Balaban J connectivity index is 1.67. The number of nitrogens with zero attached hydrogens (tertiary/aromatic N) is 1. The van der Waals surface area contributed by atoms with Crippen molar-refractivity contribution in [1.29, 1.82) is 0 Å². The van der Waals surface area contributed by atoms with E-state index in [1.807, 2.05) is 6.07 Å². The number of hydrogen-bond acceptors (Lipinski definition) is 4. The molecule has 0 amide bonds. The smallest absolute Gasteiger partial charge is 0.163 e. The van der Waals surface area contributed by atoms with E-state index >= 15 is 0 Å². The number of ether oxygens (including phenoxy) is 2. The molecule has 0 aliphatic carbocycles. The van der Waals surface area contributed by atoms with Crippen LogP contribution in [0.2, 0.25) is 0 Å². The first kappa shape index (κ1) is 13.6. The van der Waals surface area contributed by atoms with E-state index in [-0.39, 0.29) is 0 Å². The molecule has 2 aliphatic heterocycles. The summed E-state index contributed by atoms with van der Waals surface area (Å²) in [5.41, 5.74) is 1.14. The highest BCUT2D eigenvalue weighted by molar-refractivity contribution is 5.55. The largest absolute Gasteiger partial charge is 0.490 e. The standard InChI is InChI=1S/C16H24N2O2/c1-12-10-14(6-7-18(12)2)17-13-4-5-15-16(11-13)20-9-3-8-19-15/h4-5,11-12,14,17H,3,6-10H2,1-2H3. The lowest BCUT2D eigenvalue weighted by molar-refractivity contribution is 0.190. The maximum absolute atomic E-state index is 5.74. The zero-order chi connectivity index (χ0) is 13.9. The molecule has 3 rings (SSSR count). The maximum Gasteiger partial charge on any atom is 0.163 e. The third-order valence-electron chi connectivity index (χ3n) is 4.33. The lowest BCUT2D eigenvalue weighted by Crippen LogP contribution is -2.42. The predicted octanol–water partition coefficient (Wildman–Crippen LogP) is 2.74. The molecule has 0 bridgehead atoms. The molecular weight excluding hydrogens is 252 g/mol. The molecule has 4 heteroatoms. The van der Waals surface area contributed by atoms with Crippen molar-refractivity contribution in [3.8, 4) is 11.5 Å². The van der Waals surface area contributed by atoms with Crippen molar-refractivity contribution >= 4 is 5.69 Å². The summed E-state index contributed by atoms with van der Waals surface area (Å²) in [4.78, 5) is 2.42. The van der Waals surface area contributed by atoms with Crippen LogP contribution in [0.4, 0.5) is 5.69 Å². The van der Waals surface area contributed by atoms with Crippen LogP contribution in [-0.4, -0.2) is 43.8 Å². The highest BCUT2D eigenvalue weighted by atomic mass is 16.5. The second-order valence-corrected chi connectivity index (χ2v) is 5.91. The molecule has 20 heavy (non-hydrogen) atoms. The van der Waals surface area contributed by atoms with E-state index in [1.54, 1.807) is 0 Å². The van der Waals surface area contributed by atoms with E-state index in [9.17, 15) is 0 Å². The first-order chi connectivity index (χ1) is 9.72. The van der Waals surface area contributed by atoms with Gasteiger partial charge in [0.15, 0.2) is 11.5 Å². The van der Waals surface area contributed by atoms with Gasteiger partial charge < -0.3 is 19.7 Å². The minimum absolute atomic E-state index is 0.547.